The summed E-state index contributed by atoms with van der Waals surface area (Å²) in [7, 11) is 0. The summed E-state index contributed by atoms with van der Waals surface area (Å²) in [5.74, 6) is 0. The fraction of sp³-hybridized carbons (Fsp3) is 0.111. The lowest BCUT2D eigenvalue weighted by molar-refractivity contribution is -0.0987. The van der Waals surface area contributed by atoms with Crippen LogP contribution in [0, 0.1) is 0 Å². The molecule has 0 saturated heterocycles. The van der Waals surface area contributed by atoms with Gasteiger partial charge in [-0.3, -0.25) is 0 Å². The Morgan fingerprint density at radius 1 is 0.824 bits per heavy atom. The van der Waals surface area contributed by atoms with E-state index in [1.807, 2.05) is 20.5 Å². The Bertz CT molecular complexity index is 140. The maximum atomic E-state index is 9.00. The van der Waals surface area contributed by atoms with Gasteiger partial charge in [0.2, 0.25) is 0 Å². The molecule has 8 heteroatoms. The van der Waals surface area contributed by atoms with E-state index in [4.69, 9.17) is 19.2 Å². The predicted octanol–water partition coefficient (Wildman–Crippen LogP) is -0.328. The molecule has 0 bridgehead atoms. The van der Waals surface area contributed by atoms with Crippen molar-refractivity contribution in [3.8, 4) is 0 Å². The van der Waals surface area contributed by atoms with Gasteiger partial charge in [-0.2, -0.15) is 0 Å². The number of hydrogen-bond acceptors (Lipinski definition) is 4. The minimum atomic E-state index is -0.833. The highest BCUT2D eigenvalue weighted by Gasteiger charge is 1.61. The molecule has 0 aromatic rings. The lowest BCUT2D eigenvalue weighted by atomic mass is 10.8. The summed E-state index contributed by atoms with van der Waals surface area (Å²) < 4.78 is 0. The van der Waals surface area contributed by atoms with Crippen LogP contribution in [0.25, 0.3) is 0 Å². The van der Waals surface area contributed by atoms with E-state index in [1.54, 1.807) is 6.08 Å². The van der Waals surface area contributed by atoms with Gasteiger partial charge in [0.05, 0.1) is 0 Å². The van der Waals surface area contributed by atoms with Gasteiger partial charge in [-0.25, -0.2) is 9.59 Å². The topological polar surface area (TPSA) is 172 Å². The molecule has 0 heterocycles. The monoisotopic (exact) mass is 250 g/mol. The lowest BCUT2D eigenvalue weighted by Crippen LogP contribution is -2.18. The van der Waals surface area contributed by atoms with Crippen LogP contribution in [0.1, 0.15) is 6.92 Å². The predicted molar refractivity (Wildman–Crippen MR) is 68.9 cm³/mol. The van der Waals surface area contributed by atoms with E-state index >= 15 is 0 Å². The Morgan fingerprint density at radius 3 is 0.824 bits per heavy atom. The average Bonchev–Trinajstić information content (AvgIpc) is 2.25. The minimum absolute atomic E-state index is 0.833. The summed E-state index contributed by atoms with van der Waals surface area (Å²) in [4.78, 5) is 34.0. The highest BCUT2D eigenvalue weighted by molar-refractivity contribution is 5.69. The molecule has 0 unspecified atom stereocenters. The van der Waals surface area contributed by atoms with Crippen molar-refractivity contribution < 1.29 is 19.2 Å². The second-order valence-electron chi connectivity index (χ2n) is 1.21. The molecule has 102 valence electrons. The van der Waals surface area contributed by atoms with Gasteiger partial charge in [-0.15, -0.1) is 19.7 Å². The molecule has 8 nitrogen and oxygen atoms in total. The van der Waals surface area contributed by atoms with Crippen LogP contribution in [0.4, 0.5) is 9.59 Å². The minimum Gasteiger partial charge on any atom is -0.352 e. The number of primary amides is 4. The quantitative estimate of drug-likeness (QED) is 0.431. The number of hydrogen-bond donors (Lipinski definition) is 4. The number of carbonyl (C=O) groups is 4. The van der Waals surface area contributed by atoms with Crippen LogP contribution in [0.3, 0.4) is 0 Å². The molecule has 0 radical (unpaired) electrons. The van der Waals surface area contributed by atoms with Gasteiger partial charge in [0.1, 0.15) is 13.6 Å². The molecule has 17 heavy (non-hydrogen) atoms. The van der Waals surface area contributed by atoms with E-state index in [0.717, 1.165) is 0 Å². The highest BCUT2D eigenvalue weighted by atomic mass is 16.2. The molecule has 4 amide bonds. The molecule has 0 rings (SSSR count). The zero-order chi connectivity index (χ0) is 15.9. The van der Waals surface area contributed by atoms with Crippen LogP contribution in [0.2, 0.25) is 0 Å². The van der Waals surface area contributed by atoms with E-state index in [-0.39, 0.29) is 0 Å². The third-order valence-electron chi connectivity index (χ3n) is 0. The molecule has 0 aliphatic rings. The molecule has 0 aliphatic heterocycles. The van der Waals surface area contributed by atoms with Crippen molar-refractivity contribution in [1.82, 2.24) is 0 Å². The first-order chi connectivity index (χ1) is 7.88. The third-order valence-corrected chi connectivity index (χ3v) is 0. The molecule has 0 saturated carbocycles. The van der Waals surface area contributed by atoms with Crippen LogP contribution in [-0.2, 0) is 9.59 Å². The second-order valence-corrected chi connectivity index (χ2v) is 1.21. The van der Waals surface area contributed by atoms with Crippen molar-refractivity contribution >= 4 is 25.6 Å². The van der Waals surface area contributed by atoms with Crippen molar-refractivity contribution in [2.75, 3.05) is 0 Å². The summed E-state index contributed by atoms with van der Waals surface area (Å²) in [6.07, 6.45) is 1.75. The van der Waals surface area contributed by atoms with Gasteiger partial charge < -0.3 is 32.5 Å². The molecular weight excluding hydrogens is 228 g/mol. The molecule has 0 aliphatic carbocycles. The van der Waals surface area contributed by atoms with Crippen molar-refractivity contribution in [1.29, 1.82) is 0 Å². The van der Waals surface area contributed by atoms with Gasteiger partial charge in [-0.05, 0) is 6.92 Å². The van der Waals surface area contributed by atoms with Crippen LogP contribution < -0.4 is 22.9 Å². The third kappa shape index (κ3) is 247. The molecular formula is C9H22N4O4. The number of amides is 4. The number of nitrogens with two attached hydrogens (primary N) is 4. The Kier molecular flexibility index (Phi) is 232. The molecule has 0 spiro atoms. The van der Waals surface area contributed by atoms with Gasteiger partial charge in [-0.1, -0.05) is 6.08 Å². The average molecular weight is 250 g/mol. The van der Waals surface area contributed by atoms with Crippen LogP contribution >= 0.6 is 0 Å². The molecule has 8 N–H and O–H groups in total. The first kappa shape index (κ1) is 36.7. The second kappa shape index (κ2) is 107. The van der Waals surface area contributed by atoms with Gasteiger partial charge >= 0.3 is 12.1 Å². The van der Waals surface area contributed by atoms with E-state index < -0.39 is 12.1 Å². The Hall–Kier alpha value is -2.64. The summed E-state index contributed by atoms with van der Waals surface area (Å²) in [6.45, 7) is 15.2. The van der Waals surface area contributed by atoms with E-state index in [9.17, 15) is 0 Å². The van der Waals surface area contributed by atoms with Crippen LogP contribution in [0.5, 0.6) is 0 Å². The fourth-order valence-electron chi connectivity index (χ4n) is 0. The van der Waals surface area contributed by atoms with Gasteiger partial charge in [0.15, 0.2) is 0 Å². The number of urea groups is 2. The lowest BCUT2D eigenvalue weighted by Gasteiger charge is -1.62. The van der Waals surface area contributed by atoms with Crippen molar-refractivity contribution in [2.45, 2.75) is 6.92 Å². The maximum Gasteiger partial charge on any atom is 0.309 e. The Balaban J connectivity index is -0.0000000221. The molecule has 0 aromatic heterocycles. The molecule has 0 aromatic carbocycles. The SMILES string of the molecule is C=C.C=CC.C=O.C=O.NC(N)=O.NC(N)=O. The first-order valence-corrected chi connectivity index (χ1v) is 3.63. The zero-order valence-electron chi connectivity index (χ0n) is 10.1. The Labute approximate surface area is 101 Å². The maximum absolute atomic E-state index is 9.00. The molecule has 0 atom stereocenters. The fourth-order valence-corrected chi connectivity index (χ4v) is 0. The van der Waals surface area contributed by atoms with Gasteiger partial charge in [0.25, 0.3) is 0 Å². The normalized spacial score (nSPS) is 4.29. The molecule has 0 fully saturated rings. The number of rotatable bonds is 0. The van der Waals surface area contributed by atoms with E-state index in [0.29, 0.717) is 0 Å². The van der Waals surface area contributed by atoms with Crippen LogP contribution in [0.15, 0.2) is 25.8 Å². The highest BCUT2D eigenvalue weighted by Crippen LogP contribution is 1.38. The van der Waals surface area contributed by atoms with E-state index in [2.05, 4.69) is 42.7 Å². The number of carbonyl (C=O) groups excluding carboxylic acids is 4. The summed E-state index contributed by atoms with van der Waals surface area (Å²) in [6, 6.07) is -1.67. The smallest absolute Gasteiger partial charge is 0.309 e. The number of allylic oxidation sites excluding steroid dienone is 1. The summed E-state index contributed by atoms with van der Waals surface area (Å²) in [5.41, 5.74) is 17.0. The van der Waals surface area contributed by atoms with E-state index in [1.165, 1.54) is 0 Å². The summed E-state index contributed by atoms with van der Waals surface area (Å²) >= 11 is 0. The van der Waals surface area contributed by atoms with Crippen molar-refractivity contribution in [3.63, 3.8) is 0 Å². The largest absolute Gasteiger partial charge is 0.352 e. The Morgan fingerprint density at radius 2 is 0.824 bits per heavy atom. The van der Waals surface area contributed by atoms with Crippen LogP contribution in [-0.4, -0.2) is 25.6 Å². The first-order valence-electron chi connectivity index (χ1n) is 3.63. The van der Waals surface area contributed by atoms with Crippen molar-refractivity contribution in [2.24, 2.45) is 22.9 Å². The summed E-state index contributed by atoms with van der Waals surface area (Å²) in [5, 5.41) is 0. The van der Waals surface area contributed by atoms with Crippen molar-refractivity contribution in [3.05, 3.63) is 25.8 Å². The zero-order valence-corrected chi connectivity index (χ0v) is 10.1. The van der Waals surface area contributed by atoms with Gasteiger partial charge in [0, 0.05) is 0 Å². The standard InChI is InChI=1S/C3H6.C2H4.2CH4N2O.2CH2O/c1-3-2;1-2;2*2-1(3)4;2*1-2/h3H,1H2,2H3;1-2H2;2*(H4,2,3,4);2*1H2.